The first kappa shape index (κ1) is 16.1. The van der Waals surface area contributed by atoms with Gasteiger partial charge < -0.3 is 24.6 Å². The number of amides is 1. The van der Waals surface area contributed by atoms with Crippen LogP contribution in [0.3, 0.4) is 0 Å². The van der Waals surface area contributed by atoms with Crippen molar-refractivity contribution in [2.75, 3.05) is 14.2 Å². The summed E-state index contributed by atoms with van der Waals surface area (Å²) in [6, 6.07) is 5.35. The van der Waals surface area contributed by atoms with E-state index in [9.17, 15) is 9.59 Å². The number of methoxy groups -OCH3 is 2. The number of benzene rings is 1. The quantitative estimate of drug-likeness (QED) is 0.812. The van der Waals surface area contributed by atoms with Crippen molar-refractivity contribution in [1.82, 2.24) is 5.32 Å². The lowest BCUT2D eigenvalue weighted by atomic mass is 10.1. The van der Waals surface area contributed by atoms with Crippen molar-refractivity contribution < 1.29 is 28.9 Å². The highest BCUT2D eigenvalue weighted by Crippen LogP contribution is 2.27. The molecule has 1 aliphatic heterocycles. The number of nitrogens with one attached hydrogen (secondary N) is 1. The summed E-state index contributed by atoms with van der Waals surface area (Å²) in [5, 5.41) is 11.6. The fourth-order valence-corrected chi connectivity index (χ4v) is 2.31. The van der Waals surface area contributed by atoms with Gasteiger partial charge in [0.2, 0.25) is 5.91 Å². The molecule has 22 heavy (non-hydrogen) atoms. The molecule has 0 aliphatic carbocycles. The summed E-state index contributed by atoms with van der Waals surface area (Å²) in [6.07, 6.45) is -0.837. The summed E-state index contributed by atoms with van der Waals surface area (Å²) >= 11 is 0. The SMILES string of the molecule is COc1ccc(CNC(=O)[C@@H]2CC[C@H](C(=O)O)O2)cc1OC. The zero-order valence-electron chi connectivity index (χ0n) is 12.5. The van der Waals surface area contributed by atoms with Gasteiger partial charge in [0.25, 0.3) is 0 Å². The molecule has 0 saturated carbocycles. The van der Waals surface area contributed by atoms with Crippen LogP contribution in [0, 0.1) is 0 Å². The molecule has 7 heteroatoms. The second kappa shape index (κ2) is 7.13. The van der Waals surface area contributed by atoms with Crippen molar-refractivity contribution in [3.8, 4) is 11.5 Å². The van der Waals surface area contributed by atoms with E-state index < -0.39 is 18.2 Å². The Hall–Kier alpha value is -2.28. The van der Waals surface area contributed by atoms with E-state index in [4.69, 9.17) is 19.3 Å². The topological polar surface area (TPSA) is 94.1 Å². The highest BCUT2D eigenvalue weighted by Gasteiger charge is 2.34. The van der Waals surface area contributed by atoms with Crippen molar-refractivity contribution in [2.45, 2.75) is 31.6 Å². The van der Waals surface area contributed by atoms with E-state index >= 15 is 0 Å². The second-order valence-corrected chi connectivity index (χ2v) is 4.94. The van der Waals surface area contributed by atoms with Crippen LogP contribution >= 0.6 is 0 Å². The molecule has 1 aromatic rings. The second-order valence-electron chi connectivity index (χ2n) is 4.94. The van der Waals surface area contributed by atoms with E-state index in [1.807, 2.05) is 6.07 Å². The third kappa shape index (κ3) is 3.67. The van der Waals surface area contributed by atoms with Crippen molar-refractivity contribution in [3.63, 3.8) is 0 Å². The molecule has 2 atom stereocenters. The predicted octanol–water partition coefficient (Wildman–Crippen LogP) is 0.952. The van der Waals surface area contributed by atoms with Gasteiger partial charge in [-0.15, -0.1) is 0 Å². The first-order valence-electron chi connectivity index (χ1n) is 6.92. The summed E-state index contributed by atoms with van der Waals surface area (Å²) < 4.78 is 15.5. The molecular weight excluding hydrogens is 290 g/mol. The Balaban J connectivity index is 1.90. The van der Waals surface area contributed by atoms with E-state index in [2.05, 4.69) is 5.32 Å². The Labute approximate surface area is 128 Å². The molecule has 0 radical (unpaired) electrons. The maximum atomic E-state index is 12.0. The van der Waals surface area contributed by atoms with Crippen LogP contribution in [-0.2, 0) is 20.9 Å². The molecule has 0 unspecified atom stereocenters. The fraction of sp³-hybridized carbons (Fsp3) is 0.467. The minimum Gasteiger partial charge on any atom is -0.493 e. The molecule has 0 aromatic heterocycles. The Morgan fingerprint density at radius 2 is 1.91 bits per heavy atom. The lowest BCUT2D eigenvalue weighted by Crippen LogP contribution is -2.35. The lowest BCUT2D eigenvalue weighted by Gasteiger charge is -2.13. The average Bonchev–Trinajstić information content (AvgIpc) is 3.02. The molecule has 120 valence electrons. The van der Waals surface area contributed by atoms with Gasteiger partial charge in [-0.3, -0.25) is 4.79 Å². The van der Waals surface area contributed by atoms with Crippen molar-refractivity contribution in [2.24, 2.45) is 0 Å². The molecule has 1 fully saturated rings. The third-order valence-electron chi connectivity index (χ3n) is 3.50. The largest absolute Gasteiger partial charge is 0.493 e. The number of carboxylic acid groups (broad SMARTS) is 1. The van der Waals surface area contributed by atoms with E-state index in [1.165, 1.54) is 0 Å². The van der Waals surface area contributed by atoms with Crippen LogP contribution in [0.15, 0.2) is 18.2 Å². The minimum atomic E-state index is -1.03. The maximum absolute atomic E-state index is 12.0. The summed E-state index contributed by atoms with van der Waals surface area (Å²) in [5.74, 6) is -0.146. The molecule has 1 aliphatic rings. The summed E-state index contributed by atoms with van der Waals surface area (Å²) in [4.78, 5) is 22.8. The Kier molecular flexibility index (Phi) is 5.21. The fourth-order valence-electron chi connectivity index (χ4n) is 2.31. The first-order valence-corrected chi connectivity index (χ1v) is 6.92. The molecule has 2 N–H and O–H groups in total. The number of carbonyl (C=O) groups excluding carboxylic acids is 1. The van der Waals surface area contributed by atoms with Crippen LogP contribution in [0.5, 0.6) is 11.5 Å². The summed E-state index contributed by atoms with van der Waals surface area (Å²) in [7, 11) is 3.09. The monoisotopic (exact) mass is 309 g/mol. The molecule has 1 heterocycles. The summed E-state index contributed by atoms with van der Waals surface area (Å²) in [5.41, 5.74) is 0.846. The van der Waals surface area contributed by atoms with E-state index in [0.717, 1.165) is 5.56 Å². The average molecular weight is 309 g/mol. The normalized spacial score (nSPS) is 20.5. The maximum Gasteiger partial charge on any atom is 0.332 e. The highest BCUT2D eigenvalue weighted by atomic mass is 16.5. The smallest absolute Gasteiger partial charge is 0.332 e. The molecule has 1 saturated heterocycles. The van der Waals surface area contributed by atoms with Gasteiger partial charge in [0.05, 0.1) is 14.2 Å². The third-order valence-corrected chi connectivity index (χ3v) is 3.50. The van der Waals surface area contributed by atoms with E-state index in [-0.39, 0.29) is 5.91 Å². The zero-order chi connectivity index (χ0) is 16.1. The van der Waals surface area contributed by atoms with E-state index in [1.54, 1.807) is 26.4 Å². The van der Waals surface area contributed by atoms with Crippen LogP contribution in [0.2, 0.25) is 0 Å². The number of carbonyl (C=O) groups is 2. The molecule has 0 spiro atoms. The molecule has 7 nitrogen and oxygen atoms in total. The highest BCUT2D eigenvalue weighted by molar-refractivity contribution is 5.82. The molecule has 1 aromatic carbocycles. The molecule has 2 rings (SSSR count). The standard InChI is InChI=1S/C15H19NO6/c1-20-10-4-3-9(7-13(10)21-2)8-16-14(17)11-5-6-12(22-11)15(18)19/h3-4,7,11-12H,5-6,8H2,1-2H3,(H,16,17)(H,18,19)/t11-,12+/m0/s1. The molecule has 0 bridgehead atoms. The molecule has 1 amide bonds. The number of rotatable bonds is 6. The van der Waals surface area contributed by atoms with Crippen molar-refractivity contribution in [3.05, 3.63) is 23.8 Å². The number of hydrogen-bond donors (Lipinski definition) is 2. The number of ether oxygens (including phenoxy) is 3. The van der Waals surface area contributed by atoms with Crippen LogP contribution in [0.4, 0.5) is 0 Å². The van der Waals surface area contributed by atoms with Crippen LogP contribution in [-0.4, -0.2) is 43.4 Å². The Bertz CT molecular complexity index is 559. The minimum absolute atomic E-state index is 0.302. The summed E-state index contributed by atoms with van der Waals surface area (Å²) in [6.45, 7) is 0.302. The Morgan fingerprint density at radius 3 is 2.50 bits per heavy atom. The van der Waals surface area contributed by atoms with Crippen LogP contribution < -0.4 is 14.8 Å². The zero-order valence-corrected chi connectivity index (χ0v) is 12.5. The van der Waals surface area contributed by atoms with Gasteiger partial charge in [-0.05, 0) is 30.5 Å². The van der Waals surface area contributed by atoms with Gasteiger partial charge in [-0.1, -0.05) is 6.07 Å². The van der Waals surface area contributed by atoms with Gasteiger partial charge in [0, 0.05) is 6.54 Å². The first-order chi connectivity index (χ1) is 10.5. The van der Waals surface area contributed by atoms with Gasteiger partial charge in [0.15, 0.2) is 17.6 Å². The van der Waals surface area contributed by atoms with Crippen LogP contribution in [0.1, 0.15) is 18.4 Å². The predicted molar refractivity (Wildman–Crippen MR) is 76.9 cm³/mol. The van der Waals surface area contributed by atoms with Gasteiger partial charge in [-0.2, -0.15) is 0 Å². The van der Waals surface area contributed by atoms with Crippen molar-refractivity contribution in [1.29, 1.82) is 0 Å². The molecular formula is C15H19NO6. The van der Waals surface area contributed by atoms with E-state index in [0.29, 0.717) is 30.9 Å². The van der Waals surface area contributed by atoms with Crippen molar-refractivity contribution >= 4 is 11.9 Å². The number of hydrogen-bond acceptors (Lipinski definition) is 5. The van der Waals surface area contributed by atoms with Gasteiger partial charge in [0.1, 0.15) is 6.10 Å². The lowest BCUT2D eigenvalue weighted by molar-refractivity contribution is -0.151. The van der Waals surface area contributed by atoms with Gasteiger partial charge >= 0.3 is 5.97 Å². The number of carboxylic acids is 1. The number of aliphatic carboxylic acids is 1. The Morgan fingerprint density at radius 1 is 1.23 bits per heavy atom. The van der Waals surface area contributed by atoms with Gasteiger partial charge in [-0.25, -0.2) is 4.79 Å². The van der Waals surface area contributed by atoms with Crippen LogP contribution in [0.25, 0.3) is 0 Å².